The van der Waals surface area contributed by atoms with Crippen LogP contribution in [0.5, 0.6) is 0 Å². The second-order valence-electron chi connectivity index (χ2n) is 5.37. The predicted molar refractivity (Wildman–Crippen MR) is 80.7 cm³/mol. The first kappa shape index (κ1) is 13.9. The lowest BCUT2D eigenvalue weighted by atomic mass is 10.1. The molecule has 18 heavy (non-hydrogen) atoms. The van der Waals surface area contributed by atoms with Gasteiger partial charge in [0.1, 0.15) is 5.03 Å². The third-order valence-corrected chi connectivity index (χ3v) is 4.52. The largest absolute Gasteiger partial charge is 0.306 e. The minimum atomic E-state index is 0.132. The molecule has 0 aliphatic carbocycles. The Hall–Kier alpha value is -0.520. The molecule has 0 aliphatic heterocycles. The molecule has 2 aromatic rings. The lowest BCUT2D eigenvalue weighted by Gasteiger charge is -2.20. The quantitative estimate of drug-likeness (QED) is 0.847. The number of imidazole rings is 1. The van der Waals surface area contributed by atoms with Crippen LogP contribution in [0.4, 0.5) is 0 Å². The van der Waals surface area contributed by atoms with Gasteiger partial charge in [0.2, 0.25) is 0 Å². The van der Waals surface area contributed by atoms with Gasteiger partial charge in [-0.3, -0.25) is 4.40 Å². The predicted octanol–water partition coefficient (Wildman–Crippen LogP) is 3.79. The molecule has 3 nitrogen and oxygen atoms in total. The average Bonchev–Trinajstić information content (AvgIpc) is 2.82. The number of rotatable bonds is 5. The number of nitrogens with zero attached hydrogens (tertiary/aromatic N) is 2. The highest BCUT2D eigenvalue weighted by atomic mass is 32.2. The van der Waals surface area contributed by atoms with Gasteiger partial charge >= 0.3 is 0 Å². The summed E-state index contributed by atoms with van der Waals surface area (Å²) >= 11 is 3.56. The van der Waals surface area contributed by atoms with Crippen molar-refractivity contribution in [3.63, 3.8) is 0 Å². The molecule has 2 aromatic heterocycles. The second kappa shape index (κ2) is 5.63. The van der Waals surface area contributed by atoms with Crippen LogP contribution in [-0.4, -0.2) is 20.7 Å². The summed E-state index contributed by atoms with van der Waals surface area (Å²) in [5, 5.41) is 6.83. The van der Waals surface area contributed by atoms with Crippen LogP contribution >= 0.6 is 23.1 Å². The van der Waals surface area contributed by atoms with Crippen LogP contribution < -0.4 is 5.32 Å². The number of nitrogens with one attached hydrogen (secondary N) is 1. The molecule has 0 saturated carbocycles. The van der Waals surface area contributed by atoms with Gasteiger partial charge in [-0.2, -0.15) is 0 Å². The maximum atomic E-state index is 4.72. The van der Waals surface area contributed by atoms with E-state index < -0.39 is 0 Å². The first-order chi connectivity index (χ1) is 8.51. The summed E-state index contributed by atoms with van der Waals surface area (Å²) in [7, 11) is 0. The molecule has 1 N–H and O–H groups in total. The van der Waals surface area contributed by atoms with Gasteiger partial charge in [-0.25, -0.2) is 4.98 Å². The third-order valence-electron chi connectivity index (χ3n) is 2.55. The Balaban J connectivity index is 2.23. The molecule has 0 aliphatic rings. The van der Waals surface area contributed by atoms with Crippen LogP contribution in [0.1, 0.15) is 39.8 Å². The normalized spacial score (nSPS) is 12.4. The van der Waals surface area contributed by atoms with E-state index in [0.717, 1.165) is 17.3 Å². The number of hydrogen-bond donors (Lipinski definition) is 1. The second-order valence-corrected chi connectivity index (χ2v) is 7.33. The van der Waals surface area contributed by atoms with Crippen molar-refractivity contribution in [3.8, 4) is 0 Å². The number of aromatic nitrogens is 2. The summed E-state index contributed by atoms with van der Waals surface area (Å²) in [6.07, 6.45) is 3.30. The average molecular weight is 283 g/mol. The van der Waals surface area contributed by atoms with Gasteiger partial charge < -0.3 is 5.32 Å². The Labute approximate surface area is 117 Å². The van der Waals surface area contributed by atoms with Gasteiger partial charge in [-0.1, -0.05) is 6.92 Å². The summed E-state index contributed by atoms with van der Waals surface area (Å²) in [4.78, 5) is 5.81. The molecule has 0 atom stereocenters. The zero-order valence-electron chi connectivity index (χ0n) is 11.5. The fraction of sp³-hybridized carbons (Fsp3) is 0.615. The van der Waals surface area contributed by atoms with Crippen LogP contribution in [-0.2, 0) is 6.54 Å². The summed E-state index contributed by atoms with van der Waals surface area (Å²) in [6, 6.07) is 0. The topological polar surface area (TPSA) is 29.3 Å². The van der Waals surface area contributed by atoms with Crippen LogP contribution in [0.3, 0.4) is 0 Å². The van der Waals surface area contributed by atoms with Gasteiger partial charge in [0, 0.05) is 23.7 Å². The zero-order chi connectivity index (χ0) is 13.2. The Morgan fingerprint density at radius 3 is 2.89 bits per heavy atom. The Bertz CT molecular complexity index is 508. The van der Waals surface area contributed by atoms with Crippen molar-refractivity contribution in [2.24, 2.45) is 0 Å². The van der Waals surface area contributed by atoms with Gasteiger partial charge in [0.25, 0.3) is 0 Å². The van der Waals surface area contributed by atoms with Crippen LogP contribution in [0.2, 0.25) is 0 Å². The van der Waals surface area contributed by atoms with E-state index in [0.29, 0.717) is 0 Å². The van der Waals surface area contributed by atoms with E-state index in [-0.39, 0.29) is 5.54 Å². The summed E-state index contributed by atoms with van der Waals surface area (Å²) in [5.74, 6) is 1.13. The van der Waals surface area contributed by atoms with Crippen LogP contribution in [0, 0.1) is 0 Å². The molecular weight excluding hydrogens is 262 g/mol. The standard InChI is InChI=1S/C13H21N3S2/c1-5-7-17-11-10(9-14-13(2,3)4)16-6-8-18-12(16)15-11/h6,8,14H,5,7,9H2,1-4H3. The van der Waals surface area contributed by atoms with Crippen molar-refractivity contribution in [3.05, 3.63) is 17.3 Å². The van der Waals surface area contributed by atoms with Gasteiger partial charge in [-0.15, -0.1) is 23.1 Å². The molecule has 2 rings (SSSR count). The number of thiazole rings is 1. The van der Waals surface area contributed by atoms with Crippen LogP contribution in [0.15, 0.2) is 16.6 Å². The van der Waals surface area contributed by atoms with Crippen molar-refractivity contribution in [2.75, 3.05) is 5.75 Å². The Kier molecular flexibility index (Phi) is 4.35. The molecule has 0 spiro atoms. The molecule has 0 aromatic carbocycles. The minimum absolute atomic E-state index is 0.132. The monoisotopic (exact) mass is 283 g/mol. The fourth-order valence-electron chi connectivity index (χ4n) is 1.64. The molecule has 0 fully saturated rings. The summed E-state index contributed by atoms with van der Waals surface area (Å²) in [5.41, 5.74) is 1.42. The van der Waals surface area contributed by atoms with E-state index in [1.54, 1.807) is 11.3 Å². The summed E-state index contributed by atoms with van der Waals surface area (Å²) < 4.78 is 2.21. The molecule has 2 heterocycles. The van der Waals surface area contributed by atoms with Crippen molar-refractivity contribution < 1.29 is 0 Å². The maximum absolute atomic E-state index is 4.72. The highest BCUT2D eigenvalue weighted by molar-refractivity contribution is 7.99. The molecule has 0 saturated heterocycles. The zero-order valence-corrected chi connectivity index (χ0v) is 13.1. The van der Waals surface area contributed by atoms with Crippen molar-refractivity contribution in [2.45, 2.75) is 51.2 Å². The molecule has 0 radical (unpaired) electrons. The van der Waals surface area contributed by atoms with Crippen molar-refractivity contribution in [1.82, 2.24) is 14.7 Å². The summed E-state index contributed by atoms with van der Waals surface area (Å²) in [6.45, 7) is 9.65. The first-order valence-corrected chi connectivity index (χ1v) is 8.20. The molecule has 5 heteroatoms. The van der Waals surface area contributed by atoms with E-state index in [9.17, 15) is 0 Å². The highest BCUT2D eigenvalue weighted by Gasteiger charge is 2.16. The maximum Gasteiger partial charge on any atom is 0.194 e. The van der Waals surface area contributed by atoms with E-state index >= 15 is 0 Å². The van der Waals surface area contributed by atoms with Gasteiger partial charge in [0.15, 0.2) is 4.96 Å². The number of hydrogen-bond acceptors (Lipinski definition) is 4. The Morgan fingerprint density at radius 2 is 2.22 bits per heavy atom. The van der Waals surface area contributed by atoms with Crippen molar-refractivity contribution in [1.29, 1.82) is 0 Å². The molecule has 100 valence electrons. The number of fused-ring (bicyclic) bond motifs is 1. The lowest BCUT2D eigenvalue weighted by molar-refractivity contribution is 0.418. The van der Waals surface area contributed by atoms with Gasteiger partial charge in [-0.05, 0) is 32.9 Å². The van der Waals surface area contributed by atoms with E-state index in [1.165, 1.54) is 17.1 Å². The van der Waals surface area contributed by atoms with Crippen LogP contribution in [0.25, 0.3) is 4.96 Å². The third kappa shape index (κ3) is 3.28. The first-order valence-electron chi connectivity index (χ1n) is 6.33. The minimum Gasteiger partial charge on any atom is -0.306 e. The molecule has 0 unspecified atom stereocenters. The number of thioether (sulfide) groups is 1. The van der Waals surface area contributed by atoms with E-state index in [1.807, 2.05) is 11.8 Å². The smallest absolute Gasteiger partial charge is 0.194 e. The molecule has 0 bridgehead atoms. The van der Waals surface area contributed by atoms with Gasteiger partial charge in [0.05, 0.1) is 5.69 Å². The SMILES string of the molecule is CCCSc1nc2sccn2c1CNC(C)(C)C. The highest BCUT2D eigenvalue weighted by Crippen LogP contribution is 2.26. The van der Waals surface area contributed by atoms with E-state index in [4.69, 9.17) is 4.98 Å². The Morgan fingerprint density at radius 1 is 1.44 bits per heavy atom. The molecular formula is C13H21N3S2. The van der Waals surface area contributed by atoms with E-state index in [2.05, 4.69) is 49.0 Å². The molecule has 0 amide bonds. The lowest BCUT2D eigenvalue weighted by Crippen LogP contribution is -2.35. The fourth-order valence-corrected chi connectivity index (χ4v) is 3.31. The van der Waals surface area contributed by atoms with Crippen molar-refractivity contribution >= 4 is 28.1 Å².